The second-order valence-electron chi connectivity index (χ2n) is 7.31. The Morgan fingerprint density at radius 1 is 1.03 bits per heavy atom. The maximum absolute atomic E-state index is 12.9. The summed E-state index contributed by atoms with van der Waals surface area (Å²) in [6.07, 6.45) is 3.15. The lowest BCUT2D eigenvalue weighted by atomic mass is 10.1. The molecule has 8 nitrogen and oxygen atoms in total. The van der Waals surface area contributed by atoms with E-state index in [2.05, 4.69) is 10.3 Å². The highest BCUT2D eigenvalue weighted by Gasteiger charge is 2.33. The first kappa shape index (κ1) is 20.7. The summed E-state index contributed by atoms with van der Waals surface area (Å²) in [5.41, 5.74) is 1.37. The number of halogens is 1. The van der Waals surface area contributed by atoms with Gasteiger partial charge in [0.15, 0.2) is 0 Å². The number of ketones is 1. The van der Waals surface area contributed by atoms with Crippen LogP contribution in [0.3, 0.4) is 0 Å². The molecule has 158 valence electrons. The monoisotopic (exact) mass is 437 g/mol. The highest BCUT2D eigenvalue weighted by Crippen LogP contribution is 2.22. The van der Waals surface area contributed by atoms with Crippen LogP contribution in [0.1, 0.15) is 27.6 Å². The van der Waals surface area contributed by atoms with Crippen molar-refractivity contribution >= 4 is 29.2 Å². The lowest BCUT2D eigenvalue weighted by Gasteiger charge is -2.39. The van der Waals surface area contributed by atoms with Gasteiger partial charge in [0, 0.05) is 36.8 Å². The summed E-state index contributed by atoms with van der Waals surface area (Å²) < 4.78 is 1.48. The Labute approximate surface area is 184 Å². The average Bonchev–Trinajstić information content (AvgIpc) is 3.32. The Balaban J connectivity index is 1.44. The molecule has 0 N–H and O–H groups in total. The zero-order valence-electron chi connectivity index (χ0n) is 16.8. The van der Waals surface area contributed by atoms with Gasteiger partial charge in [-0.3, -0.25) is 14.4 Å². The fourth-order valence-electron chi connectivity index (χ4n) is 3.63. The highest BCUT2D eigenvalue weighted by atomic mass is 35.5. The van der Waals surface area contributed by atoms with Gasteiger partial charge in [0.2, 0.25) is 5.78 Å². The van der Waals surface area contributed by atoms with Crippen LogP contribution < -0.4 is 0 Å². The Morgan fingerprint density at radius 3 is 2.45 bits per heavy atom. The molecule has 1 atom stereocenters. The van der Waals surface area contributed by atoms with Crippen molar-refractivity contribution in [3.05, 3.63) is 77.1 Å². The number of amides is 2. The Kier molecular flexibility index (Phi) is 5.81. The van der Waals surface area contributed by atoms with Gasteiger partial charge >= 0.3 is 0 Å². The zero-order chi connectivity index (χ0) is 22.0. The second kappa shape index (κ2) is 8.69. The van der Waals surface area contributed by atoms with Crippen LogP contribution in [0.4, 0.5) is 0 Å². The lowest BCUT2D eigenvalue weighted by Crippen LogP contribution is -2.56. The molecule has 0 unspecified atom stereocenters. The van der Waals surface area contributed by atoms with Crippen LogP contribution >= 0.6 is 11.6 Å². The van der Waals surface area contributed by atoms with E-state index in [9.17, 15) is 14.4 Å². The fourth-order valence-corrected chi connectivity index (χ4v) is 3.90. The number of piperazine rings is 1. The van der Waals surface area contributed by atoms with Crippen molar-refractivity contribution < 1.29 is 14.4 Å². The van der Waals surface area contributed by atoms with Crippen molar-refractivity contribution in [3.8, 4) is 5.69 Å². The number of carbonyl (C=O) groups is 3. The molecular formula is C22H20ClN5O3. The number of benzene rings is 2. The minimum Gasteiger partial charge on any atom is -0.335 e. The van der Waals surface area contributed by atoms with Crippen LogP contribution in [0.5, 0.6) is 0 Å². The molecule has 1 fully saturated rings. The van der Waals surface area contributed by atoms with E-state index in [4.69, 9.17) is 11.6 Å². The van der Waals surface area contributed by atoms with Gasteiger partial charge in [-0.2, -0.15) is 0 Å². The number of Topliss-reactive ketones (excluding diaryl/α,β-unsaturated/α-hetero) is 1. The SMILES string of the molecule is C[C@@H]1CN(C(=O)c2ccccc2)CCN1C(=O)C(=O)c1ccc(-n2ccnn2)c(Cl)c1. The van der Waals surface area contributed by atoms with E-state index in [0.29, 0.717) is 24.3 Å². The average molecular weight is 438 g/mol. The summed E-state index contributed by atoms with van der Waals surface area (Å²) in [5, 5.41) is 7.89. The molecule has 3 aromatic rings. The third-order valence-corrected chi connectivity index (χ3v) is 5.57. The molecule has 1 aliphatic heterocycles. The molecule has 1 aromatic heterocycles. The van der Waals surface area contributed by atoms with Gasteiger partial charge in [0.25, 0.3) is 11.8 Å². The van der Waals surface area contributed by atoms with E-state index in [-0.39, 0.29) is 29.1 Å². The van der Waals surface area contributed by atoms with Crippen molar-refractivity contribution in [3.63, 3.8) is 0 Å². The zero-order valence-corrected chi connectivity index (χ0v) is 17.6. The highest BCUT2D eigenvalue weighted by molar-refractivity contribution is 6.43. The Morgan fingerprint density at radius 2 is 1.81 bits per heavy atom. The largest absolute Gasteiger partial charge is 0.335 e. The lowest BCUT2D eigenvalue weighted by molar-refractivity contribution is -0.130. The van der Waals surface area contributed by atoms with E-state index >= 15 is 0 Å². The van der Waals surface area contributed by atoms with Gasteiger partial charge in [0.05, 0.1) is 23.1 Å². The summed E-state index contributed by atoms with van der Waals surface area (Å²) in [6, 6.07) is 13.3. The number of carbonyl (C=O) groups excluding carboxylic acids is 3. The quantitative estimate of drug-likeness (QED) is 0.462. The molecule has 1 aliphatic rings. The van der Waals surface area contributed by atoms with Crippen LogP contribution in [0, 0.1) is 0 Å². The molecule has 31 heavy (non-hydrogen) atoms. The van der Waals surface area contributed by atoms with Crippen molar-refractivity contribution in [2.75, 3.05) is 19.6 Å². The smallest absolute Gasteiger partial charge is 0.295 e. The summed E-state index contributed by atoms with van der Waals surface area (Å²) in [5.74, 6) is -1.33. The minimum absolute atomic E-state index is 0.0821. The van der Waals surface area contributed by atoms with E-state index in [1.165, 1.54) is 21.8 Å². The molecule has 2 amide bonds. The molecule has 1 saturated heterocycles. The topological polar surface area (TPSA) is 88.4 Å². The third kappa shape index (κ3) is 4.20. The predicted octanol–water partition coefficient (Wildman–Crippen LogP) is 2.48. The minimum atomic E-state index is -0.637. The maximum Gasteiger partial charge on any atom is 0.295 e. The predicted molar refractivity (Wildman–Crippen MR) is 114 cm³/mol. The van der Waals surface area contributed by atoms with E-state index in [1.807, 2.05) is 25.1 Å². The molecule has 0 radical (unpaired) electrons. The van der Waals surface area contributed by atoms with Gasteiger partial charge in [-0.15, -0.1) is 5.10 Å². The first-order chi connectivity index (χ1) is 15.0. The first-order valence-electron chi connectivity index (χ1n) is 9.81. The van der Waals surface area contributed by atoms with Crippen molar-refractivity contribution in [1.82, 2.24) is 24.8 Å². The Hall–Kier alpha value is -3.52. The molecule has 2 aromatic carbocycles. The summed E-state index contributed by atoms with van der Waals surface area (Å²) >= 11 is 6.29. The molecule has 0 spiro atoms. The molecule has 0 aliphatic carbocycles. The van der Waals surface area contributed by atoms with Gasteiger partial charge < -0.3 is 9.80 Å². The first-order valence-corrected chi connectivity index (χ1v) is 10.2. The van der Waals surface area contributed by atoms with E-state index in [1.54, 1.807) is 35.4 Å². The third-order valence-electron chi connectivity index (χ3n) is 5.27. The van der Waals surface area contributed by atoms with Crippen molar-refractivity contribution in [1.29, 1.82) is 0 Å². The number of hydrogen-bond donors (Lipinski definition) is 0. The Bertz CT molecular complexity index is 1120. The number of aromatic nitrogens is 3. The molecule has 0 bridgehead atoms. The van der Waals surface area contributed by atoms with Crippen LogP contribution in [0.2, 0.25) is 5.02 Å². The molecule has 4 rings (SSSR count). The van der Waals surface area contributed by atoms with Crippen molar-refractivity contribution in [2.45, 2.75) is 13.0 Å². The van der Waals surface area contributed by atoms with Crippen LogP contribution in [-0.2, 0) is 4.79 Å². The van der Waals surface area contributed by atoms with Crippen LogP contribution in [0.15, 0.2) is 60.9 Å². The number of rotatable bonds is 4. The van der Waals surface area contributed by atoms with Crippen LogP contribution in [0.25, 0.3) is 5.69 Å². The number of hydrogen-bond acceptors (Lipinski definition) is 5. The molecule has 0 saturated carbocycles. The second-order valence-corrected chi connectivity index (χ2v) is 7.71. The van der Waals surface area contributed by atoms with E-state index < -0.39 is 11.7 Å². The van der Waals surface area contributed by atoms with Gasteiger partial charge in [-0.25, -0.2) is 4.68 Å². The summed E-state index contributed by atoms with van der Waals surface area (Å²) in [6.45, 7) is 2.84. The molecule has 2 heterocycles. The number of nitrogens with zero attached hydrogens (tertiary/aromatic N) is 5. The summed E-state index contributed by atoms with van der Waals surface area (Å²) in [4.78, 5) is 41.6. The van der Waals surface area contributed by atoms with Gasteiger partial charge in [-0.1, -0.05) is 35.0 Å². The van der Waals surface area contributed by atoms with Crippen LogP contribution in [-0.4, -0.2) is 68.1 Å². The molecule has 9 heteroatoms. The molecular weight excluding hydrogens is 418 g/mol. The van der Waals surface area contributed by atoms with Gasteiger partial charge in [-0.05, 0) is 37.3 Å². The fraction of sp³-hybridized carbons (Fsp3) is 0.227. The summed E-state index contributed by atoms with van der Waals surface area (Å²) in [7, 11) is 0. The van der Waals surface area contributed by atoms with Gasteiger partial charge in [0.1, 0.15) is 0 Å². The normalized spacial score (nSPS) is 16.3. The van der Waals surface area contributed by atoms with Crippen molar-refractivity contribution in [2.24, 2.45) is 0 Å². The maximum atomic E-state index is 12.9. The van der Waals surface area contributed by atoms with E-state index in [0.717, 1.165) is 0 Å². The standard InChI is InChI=1S/C22H20ClN5O3/c1-15-14-26(21(30)16-5-3-2-4-6-16)11-12-27(15)22(31)20(29)17-7-8-19(18(23)13-17)28-10-9-24-25-28/h2-10,13,15H,11-12,14H2,1H3/t15-/m1/s1.